The van der Waals surface area contributed by atoms with Crippen molar-refractivity contribution in [3.8, 4) is 0 Å². The van der Waals surface area contributed by atoms with Crippen molar-refractivity contribution in [2.75, 3.05) is 11.1 Å². The fraction of sp³-hybridized carbons (Fsp3) is 0.133. The first-order valence-corrected chi connectivity index (χ1v) is 14.5. The Labute approximate surface area is 240 Å². The molecule has 0 saturated carbocycles. The van der Waals surface area contributed by atoms with Gasteiger partial charge in [-0.3, -0.25) is 4.79 Å². The summed E-state index contributed by atoms with van der Waals surface area (Å²) in [4.78, 5) is 18.2. The van der Waals surface area contributed by atoms with Crippen LogP contribution in [0.2, 0.25) is 5.02 Å². The number of rotatable bonds is 11. The number of thioether (sulfide) groups is 1. The van der Waals surface area contributed by atoms with Gasteiger partial charge in [-0.05, 0) is 28.8 Å². The maximum absolute atomic E-state index is 12.8. The van der Waals surface area contributed by atoms with Gasteiger partial charge in [0.05, 0.1) is 11.7 Å². The maximum atomic E-state index is 12.8. The van der Waals surface area contributed by atoms with Gasteiger partial charge in [-0.2, -0.15) is 0 Å². The normalized spacial score (nSPS) is 11.0. The molecule has 0 aliphatic heterocycles. The Kier molecular flexibility index (Phi) is 8.88. The molecule has 39 heavy (non-hydrogen) atoms. The topological polar surface area (TPSA) is 72.7 Å². The van der Waals surface area contributed by atoms with Gasteiger partial charge in [0.15, 0.2) is 10.3 Å². The van der Waals surface area contributed by atoms with Crippen molar-refractivity contribution >= 4 is 45.7 Å². The van der Waals surface area contributed by atoms with Crippen LogP contribution in [0, 0.1) is 0 Å². The summed E-state index contributed by atoms with van der Waals surface area (Å²) in [5, 5.41) is 13.9. The molecule has 9 heteroatoms. The van der Waals surface area contributed by atoms with Crippen LogP contribution in [-0.4, -0.2) is 31.4 Å². The van der Waals surface area contributed by atoms with Gasteiger partial charge in [0.1, 0.15) is 5.82 Å². The predicted octanol–water partition coefficient (Wildman–Crippen LogP) is 7.08. The first-order chi connectivity index (χ1) is 19.1. The molecule has 1 N–H and O–H groups in total. The summed E-state index contributed by atoms with van der Waals surface area (Å²) in [5.74, 6) is 0.743. The lowest BCUT2D eigenvalue weighted by atomic mass is 9.90. The minimum absolute atomic E-state index is 0.0996. The summed E-state index contributed by atoms with van der Waals surface area (Å²) in [6.45, 7) is 4.46. The van der Waals surface area contributed by atoms with Crippen LogP contribution in [0.3, 0.4) is 0 Å². The molecular formula is C30H26ClN5OS2. The highest BCUT2D eigenvalue weighted by molar-refractivity contribution is 7.99. The number of nitrogens with zero attached hydrogens (tertiary/aromatic N) is 4. The summed E-state index contributed by atoms with van der Waals surface area (Å²) in [5.41, 5.74) is 3.38. The third kappa shape index (κ3) is 6.84. The number of thiazole rings is 1. The van der Waals surface area contributed by atoms with E-state index in [4.69, 9.17) is 11.6 Å². The molecule has 3 aromatic carbocycles. The molecule has 0 unspecified atom stereocenters. The Bertz CT molecular complexity index is 1500. The highest BCUT2D eigenvalue weighted by Crippen LogP contribution is 2.33. The molecule has 0 bridgehead atoms. The van der Waals surface area contributed by atoms with Gasteiger partial charge < -0.3 is 9.88 Å². The van der Waals surface area contributed by atoms with Crippen LogP contribution in [0.1, 0.15) is 33.3 Å². The predicted molar refractivity (Wildman–Crippen MR) is 160 cm³/mol. The minimum Gasteiger partial charge on any atom is -0.301 e. The number of allylic oxidation sites excluding steroid dienone is 1. The number of halogens is 1. The van der Waals surface area contributed by atoms with Crippen LogP contribution >= 0.6 is 34.7 Å². The molecule has 1 amide bonds. The highest BCUT2D eigenvalue weighted by Gasteiger charge is 2.25. The Morgan fingerprint density at radius 2 is 1.67 bits per heavy atom. The zero-order chi connectivity index (χ0) is 27.0. The van der Waals surface area contributed by atoms with Gasteiger partial charge in [-0.15, -0.1) is 28.1 Å². The zero-order valence-corrected chi connectivity index (χ0v) is 23.4. The Morgan fingerprint density at radius 1 is 1.00 bits per heavy atom. The van der Waals surface area contributed by atoms with Crippen LogP contribution in [-0.2, 0) is 17.8 Å². The smallest absolute Gasteiger partial charge is 0.236 e. The molecule has 6 nitrogen and oxygen atoms in total. The van der Waals surface area contributed by atoms with Crippen molar-refractivity contribution in [1.82, 2.24) is 19.7 Å². The first-order valence-electron chi connectivity index (χ1n) is 12.4. The number of benzene rings is 3. The largest absolute Gasteiger partial charge is 0.301 e. The van der Waals surface area contributed by atoms with Crippen LogP contribution in [0.5, 0.6) is 0 Å². The third-order valence-corrected chi connectivity index (χ3v) is 8.14. The van der Waals surface area contributed by atoms with Crippen molar-refractivity contribution in [2.45, 2.75) is 24.0 Å². The molecule has 196 valence electrons. The molecular weight excluding hydrogens is 546 g/mol. The maximum Gasteiger partial charge on any atom is 0.236 e. The fourth-order valence-corrected chi connectivity index (χ4v) is 5.98. The Morgan fingerprint density at radius 3 is 2.31 bits per heavy atom. The van der Waals surface area contributed by atoms with Gasteiger partial charge in [-0.1, -0.05) is 102 Å². The van der Waals surface area contributed by atoms with Crippen molar-refractivity contribution < 1.29 is 4.79 Å². The first kappa shape index (κ1) is 26.9. The van der Waals surface area contributed by atoms with Crippen molar-refractivity contribution in [1.29, 1.82) is 0 Å². The SMILES string of the molecule is C=CCn1c(SCC(=O)Nc2ncc(Cc3ccc(Cl)cc3)s2)nnc1C(c1ccccc1)c1ccccc1. The molecule has 0 spiro atoms. The zero-order valence-electron chi connectivity index (χ0n) is 21.0. The molecule has 0 atom stereocenters. The standard InChI is InChI=1S/C30H26ClN5OS2/c1-2-17-36-28(27(22-9-5-3-6-10-22)23-11-7-4-8-12-23)34-35-30(36)38-20-26(37)33-29-32-19-25(39-29)18-21-13-15-24(31)16-14-21/h2-16,19,27H,1,17-18,20H2,(H,32,33,37). The molecule has 0 fully saturated rings. The van der Waals surface area contributed by atoms with E-state index in [-0.39, 0.29) is 17.6 Å². The third-order valence-electron chi connectivity index (χ3n) is 6.01. The molecule has 0 aliphatic carbocycles. The fourth-order valence-electron chi connectivity index (χ4n) is 4.24. The number of aromatic nitrogens is 4. The second-order valence-corrected chi connectivity index (χ2v) is 11.3. The average molecular weight is 572 g/mol. The lowest BCUT2D eigenvalue weighted by Crippen LogP contribution is -2.15. The molecule has 5 rings (SSSR count). The summed E-state index contributed by atoms with van der Waals surface area (Å²) >= 11 is 8.79. The highest BCUT2D eigenvalue weighted by atomic mass is 35.5. The molecule has 0 radical (unpaired) electrons. The number of nitrogens with one attached hydrogen (secondary N) is 1. The van der Waals surface area contributed by atoms with E-state index in [0.717, 1.165) is 33.8 Å². The molecule has 0 saturated heterocycles. The number of hydrogen-bond acceptors (Lipinski definition) is 6. The van der Waals surface area contributed by atoms with Crippen LogP contribution in [0.25, 0.3) is 0 Å². The van der Waals surface area contributed by atoms with Crippen LogP contribution < -0.4 is 5.32 Å². The van der Waals surface area contributed by atoms with E-state index in [0.29, 0.717) is 21.9 Å². The second kappa shape index (κ2) is 12.9. The second-order valence-electron chi connectivity index (χ2n) is 8.77. The quantitative estimate of drug-likeness (QED) is 0.135. The van der Waals surface area contributed by atoms with Crippen LogP contribution in [0.15, 0.2) is 109 Å². The van der Waals surface area contributed by atoms with Crippen molar-refractivity contribution in [3.05, 3.63) is 136 Å². The molecule has 2 heterocycles. The van der Waals surface area contributed by atoms with E-state index in [2.05, 4.69) is 51.3 Å². The Hall–Kier alpha value is -3.72. The van der Waals surface area contributed by atoms with Gasteiger partial charge in [-0.25, -0.2) is 4.98 Å². The van der Waals surface area contributed by atoms with E-state index in [9.17, 15) is 4.79 Å². The Balaban J connectivity index is 1.29. The minimum atomic E-state index is -0.148. The number of carbonyl (C=O) groups is 1. The summed E-state index contributed by atoms with van der Waals surface area (Å²) in [6, 6.07) is 28.2. The van der Waals surface area contributed by atoms with E-state index < -0.39 is 0 Å². The summed E-state index contributed by atoms with van der Waals surface area (Å²) in [6.07, 6.45) is 4.35. The van der Waals surface area contributed by atoms with Crippen molar-refractivity contribution in [3.63, 3.8) is 0 Å². The number of anilines is 1. The number of carbonyl (C=O) groups excluding carboxylic acids is 1. The van der Waals surface area contributed by atoms with Crippen molar-refractivity contribution in [2.24, 2.45) is 0 Å². The molecule has 5 aromatic rings. The average Bonchev–Trinajstić information content (AvgIpc) is 3.57. The lowest BCUT2D eigenvalue weighted by Gasteiger charge is -2.19. The van der Waals surface area contributed by atoms with Gasteiger partial charge in [0.25, 0.3) is 0 Å². The van der Waals surface area contributed by atoms with Gasteiger partial charge in [0, 0.05) is 29.1 Å². The number of hydrogen-bond donors (Lipinski definition) is 1. The summed E-state index contributed by atoms with van der Waals surface area (Å²) in [7, 11) is 0. The van der Waals surface area contributed by atoms with Crippen LogP contribution in [0.4, 0.5) is 5.13 Å². The number of amides is 1. The van der Waals surface area contributed by atoms with E-state index in [1.54, 1.807) is 6.20 Å². The van der Waals surface area contributed by atoms with E-state index in [1.807, 2.05) is 71.3 Å². The molecule has 2 aromatic heterocycles. The summed E-state index contributed by atoms with van der Waals surface area (Å²) < 4.78 is 2.03. The molecule has 0 aliphatic rings. The lowest BCUT2D eigenvalue weighted by molar-refractivity contribution is -0.113. The van der Waals surface area contributed by atoms with Gasteiger partial charge >= 0.3 is 0 Å². The monoisotopic (exact) mass is 571 g/mol. The van der Waals surface area contributed by atoms with E-state index in [1.165, 1.54) is 23.1 Å². The van der Waals surface area contributed by atoms with E-state index >= 15 is 0 Å². The van der Waals surface area contributed by atoms with Gasteiger partial charge in [0.2, 0.25) is 5.91 Å².